The average Bonchev–Trinajstić information content (AvgIpc) is 2.93. The molecule has 2 rings (SSSR count). The topological polar surface area (TPSA) is 77.5 Å². The second kappa shape index (κ2) is 9.17. The van der Waals surface area contributed by atoms with Crippen molar-refractivity contribution in [2.24, 2.45) is 0 Å². The third kappa shape index (κ3) is 5.98. The van der Waals surface area contributed by atoms with Crippen molar-refractivity contribution < 1.29 is 19.1 Å². The normalized spacial score (nSPS) is 10.4. The van der Waals surface area contributed by atoms with Crippen molar-refractivity contribution in [2.45, 2.75) is 20.3 Å². The lowest BCUT2D eigenvalue weighted by molar-refractivity contribution is -0.142. The number of hydrogen-bond acceptors (Lipinski definition) is 6. The lowest BCUT2D eigenvalue weighted by atomic mass is 10.2. The van der Waals surface area contributed by atoms with Gasteiger partial charge in [0.25, 0.3) is 5.91 Å². The van der Waals surface area contributed by atoms with Crippen molar-refractivity contribution in [1.29, 1.82) is 0 Å². The maximum absolute atomic E-state index is 12.0. The largest absolute Gasteiger partial charge is 0.482 e. The Labute approximate surface area is 162 Å². The molecule has 0 saturated heterocycles. The molecule has 0 saturated carbocycles. The van der Waals surface area contributed by atoms with Crippen LogP contribution < -0.4 is 10.1 Å². The molecule has 0 aliphatic rings. The number of nitrogens with one attached hydrogen (secondary N) is 1. The molecule has 9 heteroatoms. The molecule has 1 aromatic carbocycles. The second-order valence-electron chi connectivity index (χ2n) is 5.00. The van der Waals surface area contributed by atoms with E-state index in [2.05, 4.69) is 26.2 Å². The SMILES string of the molecule is CCOC(=O)Cc1csc(NC(=O)COc2c(C)cc(Br)cc2Cl)n1. The number of ether oxygens (including phenoxy) is 2. The van der Waals surface area contributed by atoms with Gasteiger partial charge >= 0.3 is 5.97 Å². The molecular weight excluding hydrogens is 432 g/mol. The van der Waals surface area contributed by atoms with Crippen LogP contribution in [0.1, 0.15) is 18.2 Å². The zero-order valence-electron chi connectivity index (χ0n) is 13.6. The fourth-order valence-electron chi connectivity index (χ4n) is 1.97. The quantitative estimate of drug-likeness (QED) is 0.649. The molecule has 1 amide bonds. The third-order valence-corrected chi connectivity index (χ3v) is 4.52. The highest BCUT2D eigenvalue weighted by Crippen LogP contribution is 2.32. The van der Waals surface area contributed by atoms with Crippen LogP contribution in [0.2, 0.25) is 5.02 Å². The first-order valence-electron chi connectivity index (χ1n) is 7.37. The number of carbonyl (C=O) groups is 2. The lowest BCUT2D eigenvalue weighted by Gasteiger charge is -2.11. The number of rotatable bonds is 7. The van der Waals surface area contributed by atoms with Crippen molar-refractivity contribution in [3.8, 4) is 5.75 Å². The minimum atomic E-state index is -0.365. The Balaban J connectivity index is 1.89. The standard InChI is InChI=1S/C16H16BrClN2O4S/c1-3-23-14(22)6-11-8-25-16(19-11)20-13(21)7-24-15-9(2)4-10(17)5-12(15)18/h4-5,8H,3,6-7H2,1-2H3,(H,19,20,21). The Morgan fingerprint density at radius 3 is 2.84 bits per heavy atom. The van der Waals surface area contributed by atoms with Gasteiger partial charge in [-0.25, -0.2) is 4.98 Å². The Kier molecular flexibility index (Phi) is 7.22. The van der Waals surface area contributed by atoms with Gasteiger partial charge in [-0.3, -0.25) is 14.9 Å². The van der Waals surface area contributed by atoms with Crippen molar-refractivity contribution >= 4 is 55.9 Å². The average molecular weight is 448 g/mol. The third-order valence-electron chi connectivity index (χ3n) is 2.97. The summed E-state index contributed by atoms with van der Waals surface area (Å²) < 4.78 is 11.2. The smallest absolute Gasteiger partial charge is 0.311 e. The van der Waals surface area contributed by atoms with E-state index in [-0.39, 0.29) is 24.9 Å². The number of esters is 1. The fraction of sp³-hybridized carbons (Fsp3) is 0.312. The van der Waals surface area contributed by atoms with Crippen LogP contribution in [0, 0.1) is 6.92 Å². The predicted molar refractivity (Wildman–Crippen MR) is 100 cm³/mol. The van der Waals surface area contributed by atoms with Gasteiger partial charge in [-0.15, -0.1) is 11.3 Å². The highest BCUT2D eigenvalue weighted by atomic mass is 79.9. The van der Waals surface area contributed by atoms with E-state index in [1.165, 1.54) is 11.3 Å². The van der Waals surface area contributed by atoms with Gasteiger partial charge in [0.1, 0.15) is 5.75 Å². The van der Waals surface area contributed by atoms with Crippen molar-refractivity contribution in [2.75, 3.05) is 18.5 Å². The van der Waals surface area contributed by atoms with Gasteiger partial charge in [-0.2, -0.15) is 0 Å². The molecule has 2 aromatic rings. The van der Waals surface area contributed by atoms with Crippen LogP contribution in [0.15, 0.2) is 22.0 Å². The molecule has 0 radical (unpaired) electrons. The van der Waals surface area contributed by atoms with Crippen LogP contribution in [-0.4, -0.2) is 30.1 Å². The first kappa shape index (κ1) is 19.7. The monoisotopic (exact) mass is 446 g/mol. The Hall–Kier alpha value is -1.64. The highest BCUT2D eigenvalue weighted by Gasteiger charge is 2.13. The zero-order valence-corrected chi connectivity index (χ0v) is 16.8. The molecular formula is C16H16BrClN2O4S. The number of thiazole rings is 1. The fourth-order valence-corrected chi connectivity index (χ4v) is 3.72. The summed E-state index contributed by atoms with van der Waals surface area (Å²) in [6.45, 7) is 3.70. The molecule has 0 fully saturated rings. The van der Waals surface area contributed by atoms with Crippen molar-refractivity contribution in [3.63, 3.8) is 0 Å². The second-order valence-corrected chi connectivity index (χ2v) is 7.18. The Morgan fingerprint density at radius 2 is 2.16 bits per heavy atom. The summed E-state index contributed by atoms with van der Waals surface area (Å²) in [5.74, 6) is -0.257. The van der Waals surface area contributed by atoms with Gasteiger partial charge in [0.2, 0.25) is 0 Å². The van der Waals surface area contributed by atoms with Gasteiger partial charge in [0, 0.05) is 9.85 Å². The molecule has 1 heterocycles. The van der Waals surface area contributed by atoms with Gasteiger partial charge < -0.3 is 9.47 Å². The summed E-state index contributed by atoms with van der Waals surface area (Å²) in [4.78, 5) is 27.6. The molecule has 134 valence electrons. The molecule has 25 heavy (non-hydrogen) atoms. The number of amides is 1. The predicted octanol–water partition coefficient (Wildman–Crippen LogP) is 3.99. The summed E-state index contributed by atoms with van der Waals surface area (Å²) in [7, 11) is 0. The number of hydrogen-bond donors (Lipinski definition) is 1. The summed E-state index contributed by atoms with van der Waals surface area (Å²) in [6, 6.07) is 3.55. The molecule has 1 aromatic heterocycles. The number of anilines is 1. The van der Waals surface area contributed by atoms with E-state index in [4.69, 9.17) is 21.1 Å². The van der Waals surface area contributed by atoms with E-state index < -0.39 is 0 Å². The summed E-state index contributed by atoms with van der Waals surface area (Å²) in [5.41, 5.74) is 1.37. The molecule has 6 nitrogen and oxygen atoms in total. The van der Waals surface area contributed by atoms with E-state index in [0.29, 0.717) is 28.2 Å². The van der Waals surface area contributed by atoms with Gasteiger partial charge in [0.05, 0.1) is 23.7 Å². The number of halogens is 2. The minimum absolute atomic E-state index is 0.0738. The number of aryl methyl sites for hydroxylation is 1. The lowest BCUT2D eigenvalue weighted by Crippen LogP contribution is -2.20. The van der Waals surface area contributed by atoms with Crippen LogP contribution in [0.25, 0.3) is 0 Å². The first-order valence-corrected chi connectivity index (χ1v) is 9.42. The van der Waals surface area contributed by atoms with E-state index in [0.717, 1.165) is 10.0 Å². The van der Waals surface area contributed by atoms with Crippen LogP contribution in [-0.2, 0) is 20.7 Å². The van der Waals surface area contributed by atoms with E-state index >= 15 is 0 Å². The molecule has 0 unspecified atom stereocenters. The zero-order chi connectivity index (χ0) is 18.4. The number of aromatic nitrogens is 1. The summed E-state index contributed by atoms with van der Waals surface area (Å²) in [5, 5.41) is 5.14. The molecule has 0 spiro atoms. The van der Waals surface area contributed by atoms with Crippen LogP contribution in [0.3, 0.4) is 0 Å². The number of nitrogens with zero attached hydrogens (tertiary/aromatic N) is 1. The highest BCUT2D eigenvalue weighted by molar-refractivity contribution is 9.10. The van der Waals surface area contributed by atoms with Gasteiger partial charge in [-0.1, -0.05) is 27.5 Å². The van der Waals surface area contributed by atoms with E-state index in [9.17, 15) is 9.59 Å². The number of carbonyl (C=O) groups excluding carboxylic acids is 2. The van der Waals surface area contributed by atoms with Crippen LogP contribution in [0.5, 0.6) is 5.75 Å². The Morgan fingerprint density at radius 1 is 1.40 bits per heavy atom. The van der Waals surface area contributed by atoms with Gasteiger partial charge in [-0.05, 0) is 31.5 Å². The van der Waals surface area contributed by atoms with Gasteiger partial charge in [0.15, 0.2) is 11.7 Å². The van der Waals surface area contributed by atoms with E-state index in [1.807, 2.05) is 13.0 Å². The minimum Gasteiger partial charge on any atom is -0.482 e. The van der Waals surface area contributed by atoms with Crippen molar-refractivity contribution in [3.05, 3.63) is 38.3 Å². The van der Waals surface area contributed by atoms with Crippen LogP contribution in [0.4, 0.5) is 5.13 Å². The molecule has 1 N–H and O–H groups in total. The maximum Gasteiger partial charge on any atom is 0.311 e. The Bertz CT molecular complexity index is 758. The maximum atomic E-state index is 12.0. The molecule has 0 aliphatic heterocycles. The van der Waals surface area contributed by atoms with Crippen LogP contribution >= 0.6 is 38.9 Å². The molecule has 0 atom stereocenters. The van der Waals surface area contributed by atoms with E-state index in [1.54, 1.807) is 18.4 Å². The number of benzene rings is 1. The summed E-state index contributed by atoms with van der Waals surface area (Å²) >= 11 is 10.7. The van der Waals surface area contributed by atoms with Crippen molar-refractivity contribution in [1.82, 2.24) is 4.98 Å². The molecule has 0 bridgehead atoms. The molecule has 0 aliphatic carbocycles. The summed E-state index contributed by atoms with van der Waals surface area (Å²) in [6.07, 6.45) is 0.0738. The first-order chi connectivity index (χ1) is 11.9.